The number of nitrogen functional groups attached to an aromatic ring is 1. The van der Waals surface area contributed by atoms with E-state index >= 15 is 0 Å². The minimum Gasteiger partial charge on any atom is -0.369 e. The van der Waals surface area contributed by atoms with Gasteiger partial charge in [0.1, 0.15) is 0 Å². The third kappa shape index (κ3) is 1.73. The van der Waals surface area contributed by atoms with Gasteiger partial charge in [-0.05, 0) is 24.6 Å². The van der Waals surface area contributed by atoms with Crippen LogP contribution in [0.3, 0.4) is 0 Å². The first-order valence-electron chi connectivity index (χ1n) is 5.94. The summed E-state index contributed by atoms with van der Waals surface area (Å²) in [5, 5.41) is 4.19. The maximum absolute atomic E-state index is 5.98. The van der Waals surface area contributed by atoms with Gasteiger partial charge in [-0.25, -0.2) is 4.98 Å². The zero-order valence-corrected chi connectivity index (χ0v) is 10.2. The van der Waals surface area contributed by atoms with E-state index in [0.717, 1.165) is 29.7 Å². The zero-order chi connectivity index (χ0) is 12.5. The number of imidazole rings is 1. The summed E-state index contributed by atoms with van der Waals surface area (Å²) in [6.07, 6.45) is 3.72. The average molecular weight is 241 g/mol. The van der Waals surface area contributed by atoms with Crippen molar-refractivity contribution in [3.63, 3.8) is 0 Å². The van der Waals surface area contributed by atoms with Gasteiger partial charge in [-0.1, -0.05) is 12.1 Å². The number of nitrogens with two attached hydrogens (primary N) is 1. The molecule has 92 valence electrons. The fraction of sp³-hybridized carbons (Fsp3) is 0.231. The second-order valence-corrected chi connectivity index (χ2v) is 4.33. The Labute approximate surface area is 105 Å². The molecule has 3 aromatic rings. The Morgan fingerprint density at radius 2 is 2.11 bits per heavy atom. The van der Waals surface area contributed by atoms with Crippen LogP contribution in [0.5, 0.6) is 0 Å². The van der Waals surface area contributed by atoms with E-state index in [-0.39, 0.29) is 0 Å². The van der Waals surface area contributed by atoms with E-state index in [2.05, 4.69) is 16.1 Å². The maximum Gasteiger partial charge on any atom is 0.201 e. The minimum absolute atomic E-state index is 0.562. The normalized spacial score (nSPS) is 11.2. The van der Waals surface area contributed by atoms with Crippen molar-refractivity contribution in [3.05, 3.63) is 42.2 Å². The van der Waals surface area contributed by atoms with Crippen molar-refractivity contribution < 1.29 is 0 Å². The highest BCUT2D eigenvalue weighted by Crippen LogP contribution is 2.20. The van der Waals surface area contributed by atoms with Gasteiger partial charge in [0.2, 0.25) is 5.95 Å². The number of rotatable bonds is 3. The topological polar surface area (TPSA) is 61.7 Å². The van der Waals surface area contributed by atoms with Crippen molar-refractivity contribution in [2.24, 2.45) is 0 Å². The largest absolute Gasteiger partial charge is 0.369 e. The molecule has 0 aliphatic heterocycles. The van der Waals surface area contributed by atoms with Crippen LogP contribution >= 0.6 is 0 Å². The standard InChI is InChI=1S/C13H15N5/c1-10-4-2-5-11-12(10)16-13(14)18(11)9-8-17-7-3-6-15-17/h2-7H,8-9H2,1H3,(H2,14,16). The number of fused-ring (bicyclic) bond motifs is 1. The number of nitrogens with zero attached hydrogens (tertiary/aromatic N) is 4. The lowest BCUT2D eigenvalue weighted by atomic mass is 10.2. The van der Waals surface area contributed by atoms with Gasteiger partial charge in [0.15, 0.2) is 0 Å². The van der Waals surface area contributed by atoms with Gasteiger partial charge in [-0.3, -0.25) is 4.68 Å². The van der Waals surface area contributed by atoms with E-state index in [1.54, 1.807) is 6.20 Å². The Morgan fingerprint density at radius 3 is 2.89 bits per heavy atom. The predicted octanol–water partition coefficient (Wildman–Crippen LogP) is 1.82. The lowest BCUT2D eigenvalue weighted by Crippen LogP contribution is -2.10. The third-order valence-corrected chi connectivity index (χ3v) is 3.12. The molecule has 0 aliphatic rings. The number of aryl methyl sites for hydroxylation is 3. The van der Waals surface area contributed by atoms with Crippen LogP contribution in [0.25, 0.3) is 11.0 Å². The van der Waals surface area contributed by atoms with Gasteiger partial charge < -0.3 is 10.3 Å². The maximum atomic E-state index is 5.98. The summed E-state index contributed by atoms with van der Waals surface area (Å²) >= 11 is 0. The van der Waals surface area contributed by atoms with Crippen molar-refractivity contribution in [3.8, 4) is 0 Å². The van der Waals surface area contributed by atoms with Crippen LogP contribution < -0.4 is 5.73 Å². The molecule has 0 bridgehead atoms. The van der Waals surface area contributed by atoms with Gasteiger partial charge in [-0.2, -0.15) is 5.10 Å². The molecule has 0 radical (unpaired) electrons. The van der Waals surface area contributed by atoms with Gasteiger partial charge >= 0.3 is 0 Å². The van der Waals surface area contributed by atoms with Crippen LogP contribution in [0.4, 0.5) is 5.95 Å². The summed E-state index contributed by atoms with van der Waals surface area (Å²) in [6, 6.07) is 8.05. The molecule has 0 spiro atoms. The van der Waals surface area contributed by atoms with E-state index in [9.17, 15) is 0 Å². The van der Waals surface area contributed by atoms with Crippen LogP contribution in [-0.2, 0) is 13.1 Å². The molecule has 0 unspecified atom stereocenters. The Kier molecular flexibility index (Phi) is 2.51. The fourth-order valence-corrected chi connectivity index (χ4v) is 2.18. The lowest BCUT2D eigenvalue weighted by molar-refractivity contribution is 0.545. The van der Waals surface area contributed by atoms with Gasteiger partial charge in [0.25, 0.3) is 0 Å². The molecule has 0 aliphatic carbocycles. The molecule has 2 heterocycles. The summed E-state index contributed by atoms with van der Waals surface area (Å²) in [5.74, 6) is 0.562. The number of para-hydroxylation sites is 1. The second kappa shape index (κ2) is 4.18. The van der Waals surface area contributed by atoms with Crippen molar-refractivity contribution in [2.45, 2.75) is 20.0 Å². The van der Waals surface area contributed by atoms with E-state index in [4.69, 9.17) is 5.73 Å². The van der Waals surface area contributed by atoms with Crippen LogP contribution in [0.2, 0.25) is 0 Å². The third-order valence-electron chi connectivity index (χ3n) is 3.12. The van der Waals surface area contributed by atoms with Crippen molar-refractivity contribution in [1.82, 2.24) is 19.3 Å². The number of hydrogen-bond donors (Lipinski definition) is 1. The minimum atomic E-state index is 0.562. The summed E-state index contributed by atoms with van der Waals surface area (Å²) in [4.78, 5) is 4.42. The number of benzene rings is 1. The predicted molar refractivity (Wildman–Crippen MR) is 71.1 cm³/mol. The quantitative estimate of drug-likeness (QED) is 0.761. The molecule has 0 fully saturated rings. The number of hydrogen-bond acceptors (Lipinski definition) is 3. The second-order valence-electron chi connectivity index (χ2n) is 4.33. The molecule has 5 heteroatoms. The molecule has 2 N–H and O–H groups in total. The lowest BCUT2D eigenvalue weighted by Gasteiger charge is -2.06. The number of anilines is 1. The molecule has 0 saturated heterocycles. The van der Waals surface area contributed by atoms with E-state index < -0.39 is 0 Å². The van der Waals surface area contributed by atoms with Gasteiger partial charge in [-0.15, -0.1) is 0 Å². The molecular formula is C13H15N5. The van der Waals surface area contributed by atoms with Crippen LogP contribution in [0, 0.1) is 6.92 Å². The number of aromatic nitrogens is 4. The molecule has 0 saturated carbocycles. The van der Waals surface area contributed by atoms with Crippen molar-refractivity contribution in [1.29, 1.82) is 0 Å². The van der Waals surface area contributed by atoms with Crippen molar-refractivity contribution in [2.75, 3.05) is 5.73 Å². The van der Waals surface area contributed by atoms with E-state index in [1.165, 1.54) is 0 Å². The fourth-order valence-electron chi connectivity index (χ4n) is 2.18. The highest BCUT2D eigenvalue weighted by atomic mass is 15.3. The van der Waals surface area contributed by atoms with Crippen LogP contribution in [-0.4, -0.2) is 19.3 Å². The summed E-state index contributed by atoms with van der Waals surface area (Å²) in [7, 11) is 0. The SMILES string of the molecule is Cc1cccc2c1nc(N)n2CCn1cccn1. The molecule has 5 nitrogen and oxygen atoms in total. The van der Waals surface area contributed by atoms with Crippen molar-refractivity contribution >= 4 is 17.0 Å². The molecule has 0 amide bonds. The first kappa shape index (κ1) is 10.8. The summed E-state index contributed by atoms with van der Waals surface area (Å²) in [6.45, 7) is 3.61. The van der Waals surface area contributed by atoms with Gasteiger partial charge in [0, 0.05) is 18.9 Å². The van der Waals surface area contributed by atoms with Crippen LogP contribution in [0.15, 0.2) is 36.7 Å². The first-order chi connectivity index (χ1) is 8.75. The highest BCUT2D eigenvalue weighted by molar-refractivity contribution is 5.81. The molecule has 1 aromatic carbocycles. The van der Waals surface area contributed by atoms with Gasteiger partial charge in [0.05, 0.1) is 17.6 Å². The monoisotopic (exact) mass is 241 g/mol. The summed E-state index contributed by atoms with van der Waals surface area (Å²) in [5.41, 5.74) is 9.20. The molecule has 0 atom stereocenters. The smallest absolute Gasteiger partial charge is 0.201 e. The van der Waals surface area contributed by atoms with E-state index in [0.29, 0.717) is 5.95 Å². The Bertz CT molecular complexity index is 666. The highest BCUT2D eigenvalue weighted by Gasteiger charge is 2.09. The Balaban J connectivity index is 1.96. The summed E-state index contributed by atoms with van der Waals surface area (Å²) < 4.78 is 3.92. The average Bonchev–Trinajstić information content (AvgIpc) is 2.95. The molecular weight excluding hydrogens is 226 g/mol. The van der Waals surface area contributed by atoms with Crippen LogP contribution in [0.1, 0.15) is 5.56 Å². The molecule has 2 aromatic heterocycles. The molecule has 3 rings (SSSR count). The zero-order valence-electron chi connectivity index (χ0n) is 10.2. The Morgan fingerprint density at radius 1 is 1.22 bits per heavy atom. The Hall–Kier alpha value is -2.30. The molecule has 18 heavy (non-hydrogen) atoms. The first-order valence-corrected chi connectivity index (χ1v) is 5.94. The van der Waals surface area contributed by atoms with E-state index in [1.807, 2.05) is 40.6 Å².